The molecule has 0 radical (unpaired) electrons. The van der Waals surface area contributed by atoms with E-state index in [0.717, 1.165) is 37.2 Å². The molecule has 2 fully saturated rings. The van der Waals surface area contributed by atoms with Crippen LogP contribution in [0.25, 0.3) is 0 Å². The standard InChI is InChI=1S/C31H32F4N4O5/c1-43-21-14-23(32)27(24(33)15-21)22-17-39(26-6-2-5-25(36-26)19-4-3-11-38(16-19)12-13-40)30(42)28(22)37-29(41)18-7-9-20(10-8-18)44-31(34)35/h2,5-10,14-15,19,22,28,31,40H,3-4,11-13,16-17H2,1H3,(H,37,41)/t19?,22-,28-/m0/s1. The number of hydrogen-bond donors (Lipinski definition) is 2. The maximum atomic E-state index is 15.3. The van der Waals surface area contributed by atoms with E-state index >= 15 is 8.78 Å². The second-order valence-electron chi connectivity index (χ2n) is 10.7. The summed E-state index contributed by atoms with van der Waals surface area (Å²) >= 11 is 0. The van der Waals surface area contributed by atoms with Gasteiger partial charge in [-0.2, -0.15) is 8.78 Å². The van der Waals surface area contributed by atoms with E-state index in [9.17, 15) is 23.5 Å². The number of likely N-dealkylation sites (tertiary alicyclic amines) is 1. The molecule has 2 aliphatic heterocycles. The van der Waals surface area contributed by atoms with Gasteiger partial charge < -0.3 is 24.8 Å². The second-order valence-corrected chi connectivity index (χ2v) is 10.7. The van der Waals surface area contributed by atoms with Crippen molar-refractivity contribution in [1.29, 1.82) is 0 Å². The van der Waals surface area contributed by atoms with Crippen LogP contribution < -0.4 is 19.7 Å². The van der Waals surface area contributed by atoms with Gasteiger partial charge in [0.15, 0.2) is 0 Å². The summed E-state index contributed by atoms with van der Waals surface area (Å²) in [4.78, 5) is 35.3. The third-order valence-corrected chi connectivity index (χ3v) is 7.97. The molecule has 3 heterocycles. The number of anilines is 1. The number of ether oxygens (including phenoxy) is 2. The minimum atomic E-state index is -3.04. The Hall–Kier alpha value is -4.23. The number of piperidine rings is 1. The number of alkyl halides is 2. The van der Waals surface area contributed by atoms with Gasteiger partial charge >= 0.3 is 6.61 Å². The fourth-order valence-corrected chi connectivity index (χ4v) is 5.86. The highest BCUT2D eigenvalue weighted by Gasteiger charge is 2.45. The number of benzene rings is 2. The number of aliphatic hydroxyl groups is 1. The van der Waals surface area contributed by atoms with Crippen molar-refractivity contribution in [1.82, 2.24) is 15.2 Å². The van der Waals surface area contributed by atoms with Crippen molar-refractivity contribution in [3.8, 4) is 11.5 Å². The first kappa shape index (κ1) is 31.2. The monoisotopic (exact) mass is 616 g/mol. The van der Waals surface area contributed by atoms with E-state index < -0.39 is 47.6 Å². The van der Waals surface area contributed by atoms with Gasteiger partial charge in [-0.3, -0.25) is 14.5 Å². The maximum absolute atomic E-state index is 15.3. The smallest absolute Gasteiger partial charge is 0.387 e. The average Bonchev–Trinajstić information content (AvgIpc) is 3.32. The quantitative estimate of drug-likeness (QED) is 0.331. The van der Waals surface area contributed by atoms with Crippen molar-refractivity contribution in [2.24, 2.45) is 0 Å². The molecule has 5 rings (SSSR count). The van der Waals surface area contributed by atoms with Crippen LogP contribution in [0.15, 0.2) is 54.6 Å². The molecule has 44 heavy (non-hydrogen) atoms. The van der Waals surface area contributed by atoms with Gasteiger partial charge in [-0.25, -0.2) is 13.8 Å². The molecule has 0 aliphatic carbocycles. The average molecular weight is 617 g/mol. The molecule has 2 aromatic carbocycles. The molecule has 0 bridgehead atoms. The lowest BCUT2D eigenvalue weighted by atomic mass is 9.92. The van der Waals surface area contributed by atoms with E-state index in [2.05, 4.69) is 15.0 Å². The van der Waals surface area contributed by atoms with Crippen LogP contribution in [0.3, 0.4) is 0 Å². The third-order valence-electron chi connectivity index (χ3n) is 7.97. The maximum Gasteiger partial charge on any atom is 0.387 e. The topological polar surface area (TPSA) is 104 Å². The highest BCUT2D eigenvalue weighted by atomic mass is 19.3. The number of aromatic nitrogens is 1. The number of methoxy groups -OCH3 is 1. The molecule has 3 atom stereocenters. The number of hydrogen-bond acceptors (Lipinski definition) is 7. The number of carbonyl (C=O) groups excluding carboxylic acids is 2. The molecule has 1 aromatic heterocycles. The van der Waals surface area contributed by atoms with Gasteiger partial charge in [0.2, 0.25) is 0 Å². The Bertz CT molecular complexity index is 1470. The fourth-order valence-electron chi connectivity index (χ4n) is 5.86. The van der Waals surface area contributed by atoms with Crippen LogP contribution >= 0.6 is 0 Å². The normalized spacial score (nSPS) is 20.7. The van der Waals surface area contributed by atoms with Crippen molar-refractivity contribution < 1.29 is 41.7 Å². The van der Waals surface area contributed by atoms with Gasteiger partial charge in [0.1, 0.15) is 35.0 Å². The summed E-state index contributed by atoms with van der Waals surface area (Å²) in [5, 5.41) is 12.0. The highest BCUT2D eigenvalue weighted by Crippen LogP contribution is 2.37. The Balaban J connectivity index is 1.45. The lowest BCUT2D eigenvalue weighted by Crippen LogP contribution is -2.44. The summed E-state index contributed by atoms with van der Waals surface area (Å²) in [5.74, 6) is -4.27. The van der Waals surface area contributed by atoms with Crippen LogP contribution in [-0.2, 0) is 4.79 Å². The molecule has 13 heteroatoms. The van der Waals surface area contributed by atoms with Crippen LogP contribution in [0.4, 0.5) is 23.4 Å². The zero-order chi connectivity index (χ0) is 31.4. The van der Waals surface area contributed by atoms with Gasteiger partial charge in [-0.15, -0.1) is 0 Å². The van der Waals surface area contributed by atoms with E-state index in [0.29, 0.717) is 13.1 Å². The molecule has 0 spiro atoms. The van der Waals surface area contributed by atoms with Crippen molar-refractivity contribution in [2.75, 3.05) is 44.8 Å². The number of nitrogens with one attached hydrogen (secondary N) is 1. The summed E-state index contributed by atoms with van der Waals surface area (Å²) < 4.78 is 65.0. The molecule has 0 saturated carbocycles. The Morgan fingerprint density at radius 3 is 2.48 bits per heavy atom. The molecule has 2 N–H and O–H groups in total. The van der Waals surface area contributed by atoms with Crippen molar-refractivity contribution in [2.45, 2.75) is 37.3 Å². The van der Waals surface area contributed by atoms with Gasteiger partial charge in [0.25, 0.3) is 11.8 Å². The molecule has 2 aliphatic rings. The van der Waals surface area contributed by atoms with Gasteiger partial charge in [0, 0.05) is 60.4 Å². The predicted octanol–water partition coefficient (Wildman–Crippen LogP) is 4.07. The Kier molecular flexibility index (Phi) is 9.64. The van der Waals surface area contributed by atoms with Crippen LogP contribution in [0, 0.1) is 11.6 Å². The van der Waals surface area contributed by atoms with E-state index in [4.69, 9.17) is 9.72 Å². The summed E-state index contributed by atoms with van der Waals surface area (Å²) in [7, 11) is 1.27. The molecule has 1 unspecified atom stereocenters. The highest BCUT2D eigenvalue weighted by molar-refractivity contribution is 6.04. The lowest BCUT2D eigenvalue weighted by molar-refractivity contribution is -0.118. The van der Waals surface area contributed by atoms with Crippen LogP contribution in [0.2, 0.25) is 0 Å². The largest absolute Gasteiger partial charge is 0.497 e. The van der Waals surface area contributed by atoms with Gasteiger partial charge in [-0.1, -0.05) is 6.07 Å². The van der Waals surface area contributed by atoms with E-state index in [1.807, 2.05) is 6.07 Å². The third kappa shape index (κ3) is 6.78. The van der Waals surface area contributed by atoms with E-state index in [-0.39, 0.29) is 41.9 Å². The number of aliphatic hydroxyl groups excluding tert-OH is 1. The van der Waals surface area contributed by atoms with Crippen LogP contribution in [0.1, 0.15) is 46.3 Å². The van der Waals surface area contributed by atoms with Gasteiger partial charge in [-0.05, 0) is 55.8 Å². The number of pyridine rings is 1. The van der Waals surface area contributed by atoms with E-state index in [1.165, 1.54) is 36.3 Å². The van der Waals surface area contributed by atoms with Crippen molar-refractivity contribution in [3.63, 3.8) is 0 Å². The van der Waals surface area contributed by atoms with Crippen molar-refractivity contribution in [3.05, 3.63) is 83.1 Å². The van der Waals surface area contributed by atoms with Crippen LogP contribution in [0.5, 0.6) is 11.5 Å². The van der Waals surface area contributed by atoms with Crippen molar-refractivity contribution >= 4 is 17.6 Å². The number of amides is 2. The summed E-state index contributed by atoms with van der Waals surface area (Å²) in [6, 6.07) is 10.7. The summed E-state index contributed by atoms with van der Waals surface area (Å²) in [6.07, 6.45) is 1.79. The molecule has 234 valence electrons. The summed E-state index contributed by atoms with van der Waals surface area (Å²) in [5.41, 5.74) is 0.378. The number of rotatable bonds is 10. The number of carbonyl (C=O) groups is 2. The lowest BCUT2D eigenvalue weighted by Gasteiger charge is -2.32. The zero-order valence-electron chi connectivity index (χ0n) is 23.9. The SMILES string of the molecule is COc1cc(F)c([C@@H]2CN(c3cccc(C4CCCN(CCO)C4)n3)C(=O)[C@H]2NC(=O)c2ccc(OC(F)F)cc2)c(F)c1. The number of β-amino-alcohol motifs (C(OH)–C–C–N with tert-alkyl or cyclic N) is 1. The van der Waals surface area contributed by atoms with Crippen LogP contribution in [-0.4, -0.2) is 79.4 Å². The Labute approximate surface area is 251 Å². The molecule has 9 nitrogen and oxygen atoms in total. The predicted molar refractivity (Wildman–Crippen MR) is 152 cm³/mol. The second kappa shape index (κ2) is 13.6. The number of halogens is 4. The minimum Gasteiger partial charge on any atom is -0.497 e. The first-order chi connectivity index (χ1) is 21.2. The van der Waals surface area contributed by atoms with E-state index in [1.54, 1.807) is 12.1 Å². The summed E-state index contributed by atoms with van der Waals surface area (Å²) in [6.45, 7) is -1.07. The molecule has 2 saturated heterocycles. The molecular weight excluding hydrogens is 584 g/mol. The Morgan fingerprint density at radius 2 is 1.82 bits per heavy atom. The zero-order valence-corrected chi connectivity index (χ0v) is 23.9. The first-order valence-corrected chi connectivity index (χ1v) is 14.2. The molecular formula is C31H32F4N4O5. The molecule has 3 aromatic rings. The first-order valence-electron chi connectivity index (χ1n) is 14.2. The number of nitrogens with zero attached hydrogens (tertiary/aromatic N) is 3. The Morgan fingerprint density at radius 1 is 1.09 bits per heavy atom. The molecule has 2 amide bonds. The van der Waals surface area contributed by atoms with Gasteiger partial charge in [0.05, 0.1) is 13.7 Å². The minimum absolute atomic E-state index is 0.0251. The fraction of sp³-hybridized carbons (Fsp3) is 0.387.